The maximum Gasteiger partial charge on any atom is 0.340 e. The van der Waals surface area contributed by atoms with Crippen molar-refractivity contribution in [3.8, 4) is 0 Å². The molecule has 35 heavy (non-hydrogen) atoms. The number of hydrogen-bond acceptors (Lipinski definition) is 3. The van der Waals surface area contributed by atoms with Crippen molar-refractivity contribution in [1.29, 1.82) is 0 Å². The summed E-state index contributed by atoms with van der Waals surface area (Å²) in [4.78, 5) is 13.2. The predicted octanol–water partition coefficient (Wildman–Crippen LogP) is 7.74. The molecule has 4 aromatic rings. The quantitative estimate of drug-likeness (QED) is 0.316. The van der Waals surface area contributed by atoms with Gasteiger partial charge in [0, 0.05) is 28.1 Å². The van der Waals surface area contributed by atoms with Crippen LogP contribution in [0.5, 0.6) is 0 Å². The van der Waals surface area contributed by atoms with Crippen LogP contribution in [0.2, 0.25) is 0 Å². The molecule has 0 radical (unpaired) electrons. The Hall–Kier alpha value is -3.85. The van der Waals surface area contributed by atoms with E-state index in [0.717, 1.165) is 44.8 Å². The highest BCUT2D eigenvalue weighted by atomic mass is 16.6. The van der Waals surface area contributed by atoms with Crippen LogP contribution in [0, 0.1) is 41.5 Å². The van der Waals surface area contributed by atoms with Gasteiger partial charge in [-0.3, -0.25) is 0 Å². The van der Waals surface area contributed by atoms with Crippen LogP contribution < -0.4 is 5.32 Å². The van der Waals surface area contributed by atoms with Crippen LogP contribution >= 0.6 is 0 Å². The number of benzene rings is 4. The monoisotopic (exact) mass is 461 g/mol. The zero-order valence-corrected chi connectivity index (χ0v) is 21.2. The number of cyclic esters (lactones) is 1. The number of nitrogens with one attached hydrogen (secondary N) is 1. The number of aryl methyl sites for hydroxylation is 6. The summed E-state index contributed by atoms with van der Waals surface area (Å²) in [7, 11) is 0. The van der Waals surface area contributed by atoms with E-state index in [0.29, 0.717) is 5.56 Å². The zero-order valence-electron chi connectivity index (χ0n) is 21.2. The van der Waals surface area contributed by atoms with Crippen LogP contribution in [0.1, 0.15) is 60.4 Å². The van der Waals surface area contributed by atoms with Crippen LogP contribution in [-0.4, -0.2) is 5.97 Å². The molecule has 1 N–H and O–H groups in total. The van der Waals surface area contributed by atoms with Crippen molar-refractivity contribution in [3.05, 3.63) is 128 Å². The molecule has 0 bridgehead atoms. The number of rotatable bonds is 4. The molecule has 1 unspecified atom stereocenters. The van der Waals surface area contributed by atoms with Crippen molar-refractivity contribution < 1.29 is 9.53 Å². The largest absolute Gasteiger partial charge is 0.441 e. The van der Waals surface area contributed by atoms with Gasteiger partial charge in [0.15, 0.2) is 5.60 Å². The Labute approximate surface area is 207 Å². The first-order valence-electron chi connectivity index (χ1n) is 12.1. The molecular weight excluding hydrogens is 430 g/mol. The molecular formula is C32H31NO2. The summed E-state index contributed by atoms with van der Waals surface area (Å²) in [6, 6.07) is 24.9. The SMILES string of the molecule is Cc1ccc(Nc2cc(C3(c4ccc(C)cc4C)OC(=O)c4ccccc43)c(C)cc2C)c(C)c1. The van der Waals surface area contributed by atoms with Gasteiger partial charge in [-0.1, -0.05) is 65.7 Å². The van der Waals surface area contributed by atoms with E-state index in [4.69, 9.17) is 4.74 Å². The van der Waals surface area contributed by atoms with Gasteiger partial charge in [-0.05, 0) is 82.0 Å². The normalized spacial score (nSPS) is 16.7. The molecule has 0 saturated heterocycles. The Bertz CT molecular complexity index is 1480. The van der Waals surface area contributed by atoms with E-state index in [1.807, 2.05) is 24.3 Å². The second kappa shape index (κ2) is 8.42. The van der Waals surface area contributed by atoms with Gasteiger partial charge in [0.25, 0.3) is 0 Å². The first-order chi connectivity index (χ1) is 16.7. The first kappa shape index (κ1) is 22.9. The lowest BCUT2D eigenvalue weighted by molar-refractivity contribution is 0.0248. The summed E-state index contributed by atoms with van der Waals surface area (Å²) in [5.74, 6) is -0.288. The Kier molecular flexibility index (Phi) is 5.52. The molecule has 0 amide bonds. The highest BCUT2D eigenvalue weighted by Crippen LogP contribution is 2.50. The van der Waals surface area contributed by atoms with E-state index in [2.05, 4.69) is 95.4 Å². The van der Waals surface area contributed by atoms with E-state index >= 15 is 0 Å². The number of carbonyl (C=O) groups is 1. The van der Waals surface area contributed by atoms with Crippen LogP contribution in [0.25, 0.3) is 0 Å². The minimum Gasteiger partial charge on any atom is -0.441 e. The van der Waals surface area contributed by atoms with Gasteiger partial charge in [0.1, 0.15) is 0 Å². The molecule has 1 atom stereocenters. The standard InChI is InChI=1S/C32H31NO2/c1-19-11-13-26(21(3)15-19)32(27-10-8-7-9-25(27)31(34)35-32)28-18-30(24(6)17-22(28)4)33-29-14-12-20(2)16-23(29)5/h7-18,33H,1-6H3. The molecule has 0 saturated carbocycles. The smallest absolute Gasteiger partial charge is 0.340 e. The molecule has 0 aliphatic carbocycles. The van der Waals surface area contributed by atoms with Crippen molar-refractivity contribution in [2.24, 2.45) is 0 Å². The van der Waals surface area contributed by atoms with Gasteiger partial charge in [-0.25, -0.2) is 4.79 Å². The number of fused-ring (bicyclic) bond motifs is 1. The lowest BCUT2D eigenvalue weighted by Crippen LogP contribution is -2.31. The molecule has 3 heteroatoms. The minimum atomic E-state index is -1.01. The lowest BCUT2D eigenvalue weighted by Gasteiger charge is -2.34. The van der Waals surface area contributed by atoms with E-state index in [-0.39, 0.29) is 5.97 Å². The fraction of sp³-hybridized carbons (Fsp3) is 0.219. The van der Waals surface area contributed by atoms with Gasteiger partial charge in [-0.15, -0.1) is 0 Å². The van der Waals surface area contributed by atoms with E-state index in [9.17, 15) is 4.79 Å². The van der Waals surface area contributed by atoms with Crippen LogP contribution in [-0.2, 0) is 10.3 Å². The molecule has 176 valence electrons. The van der Waals surface area contributed by atoms with Crippen molar-refractivity contribution in [2.75, 3.05) is 5.32 Å². The number of ether oxygens (including phenoxy) is 1. The molecule has 0 spiro atoms. The summed E-state index contributed by atoms with van der Waals surface area (Å²) in [6.45, 7) is 12.6. The highest BCUT2D eigenvalue weighted by Gasteiger charge is 2.50. The van der Waals surface area contributed by atoms with Gasteiger partial charge in [0.05, 0.1) is 5.56 Å². The maximum atomic E-state index is 13.2. The maximum absolute atomic E-state index is 13.2. The number of anilines is 2. The molecule has 1 aliphatic rings. The first-order valence-corrected chi connectivity index (χ1v) is 12.1. The average Bonchev–Trinajstić information content (AvgIpc) is 3.10. The average molecular weight is 462 g/mol. The second-order valence-corrected chi connectivity index (χ2v) is 9.86. The fourth-order valence-electron chi connectivity index (χ4n) is 5.44. The van der Waals surface area contributed by atoms with Gasteiger partial charge >= 0.3 is 5.97 Å². The van der Waals surface area contributed by atoms with Gasteiger partial charge < -0.3 is 10.1 Å². The molecule has 1 aliphatic heterocycles. The summed E-state index contributed by atoms with van der Waals surface area (Å²) >= 11 is 0. The lowest BCUT2D eigenvalue weighted by atomic mass is 9.76. The summed E-state index contributed by atoms with van der Waals surface area (Å²) in [5, 5.41) is 3.65. The highest BCUT2D eigenvalue weighted by molar-refractivity contribution is 5.96. The van der Waals surface area contributed by atoms with E-state index < -0.39 is 5.60 Å². The minimum absolute atomic E-state index is 0.288. The van der Waals surface area contributed by atoms with Crippen molar-refractivity contribution in [1.82, 2.24) is 0 Å². The third-order valence-corrected chi connectivity index (χ3v) is 7.14. The molecule has 5 rings (SSSR count). The second-order valence-electron chi connectivity index (χ2n) is 9.86. The van der Waals surface area contributed by atoms with Crippen molar-refractivity contribution >= 4 is 17.3 Å². The van der Waals surface area contributed by atoms with Gasteiger partial charge in [-0.2, -0.15) is 0 Å². The molecule has 0 aromatic heterocycles. The summed E-state index contributed by atoms with van der Waals surface area (Å²) in [6.07, 6.45) is 0. The predicted molar refractivity (Wildman–Crippen MR) is 143 cm³/mol. The number of hydrogen-bond donors (Lipinski definition) is 1. The van der Waals surface area contributed by atoms with Crippen LogP contribution in [0.4, 0.5) is 11.4 Å². The third kappa shape index (κ3) is 3.72. The van der Waals surface area contributed by atoms with E-state index in [1.165, 1.54) is 16.7 Å². The Balaban J connectivity index is 1.77. The van der Waals surface area contributed by atoms with Crippen molar-refractivity contribution in [3.63, 3.8) is 0 Å². The molecule has 3 nitrogen and oxygen atoms in total. The zero-order chi connectivity index (χ0) is 24.9. The fourth-order valence-corrected chi connectivity index (χ4v) is 5.44. The summed E-state index contributed by atoms with van der Waals surface area (Å²) in [5.41, 5.74) is 11.4. The molecule has 4 aromatic carbocycles. The molecule has 1 heterocycles. The molecule has 0 fully saturated rings. The third-order valence-electron chi connectivity index (χ3n) is 7.14. The van der Waals surface area contributed by atoms with Crippen molar-refractivity contribution in [2.45, 2.75) is 47.1 Å². The van der Waals surface area contributed by atoms with Crippen LogP contribution in [0.3, 0.4) is 0 Å². The number of esters is 1. The topological polar surface area (TPSA) is 38.3 Å². The van der Waals surface area contributed by atoms with Gasteiger partial charge in [0.2, 0.25) is 0 Å². The Morgan fingerprint density at radius 1 is 0.600 bits per heavy atom. The van der Waals surface area contributed by atoms with E-state index in [1.54, 1.807) is 0 Å². The van der Waals surface area contributed by atoms with Crippen LogP contribution in [0.15, 0.2) is 72.8 Å². The number of carbonyl (C=O) groups excluding carboxylic acids is 1. The Morgan fingerprint density at radius 2 is 1.23 bits per heavy atom. The Morgan fingerprint density at radius 3 is 1.94 bits per heavy atom. The summed E-state index contributed by atoms with van der Waals surface area (Å²) < 4.78 is 6.41.